The van der Waals surface area contributed by atoms with Gasteiger partial charge in [-0.2, -0.15) is 0 Å². The minimum atomic E-state index is -0.0993. The maximum absolute atomic E-state index is 13.7. The average Bonchev–Trinajstić information content (AvgIpc) is 2.38. The van der Waals surface area contributed by atoms with Gasteiger partial charge >= 0.3 is 0 Å². The van der Waals surface area contributed by atoms with Crippen molar-refractivity contribution in [3.8, 4) is 0 Å². The van der Waals surface area contributed by atoms with Crippen molar-refractivity contribution < 1.29 is 4.39 Å². The SMILES string of the molecule is CCC1CCN(c2cccc(F)c2C)CCC(C)N1. The lowest BCUT2D eigenvalue weighted by atomic mass is 10.0. The highest BCUT2D eigenvalue weighted by molar-refractivity contribution is 5.53. The highest BCUT2D eigenvalue weighted by atomic mass is 19.1. The molecule has 0 radical (unpaired) electrons. The number of hydrogen-bond acceptors (Lipinski definition) is 2. The van der Waals surface area contributed by atoms with E-state index in [0.29, 0.717) is 12.1 Å². The van der Waals surface area contributed by atoms with E-state index in [1.807, 2.05) is 19.1 Å². The van der Waals surface area contributed by atoms with Crippen LogP contribution in [-0.2, 0) is 0 Å². The first-order chi connectivity index (χ1) is 9.11. The molecule has 2 unspecified atom stereocenters. The maximum atomic E-state index is 13.7. The molecule has 1 fully saturated rings. The normalized spacial score (nSPS) is 24.9. The first-order valence-electron chi connectivity index (χ1n) is 7.38. The largest absolute Gasteiger partial charge is 0.371 e. The van der Waals surface area contributed by atoms with Crippen LogP contribution in [0.1, 0.15) is 38.7 Å². The van der Waals surface area contributed by atoms with Crippen molar-refractivity contribution in [2.75, 3.05) is 18.0 Å². The Bertz CT molecular complexity index is 419. The lowest BCUT2D eigenvalue weighted by Gasteiger charge is -2.34. The van der Waals surface area contributed by atoms with E-state index in [9.17, 15) is 4.39 Å². The van der Waals surface area contributed by atoms with Gasteiger partial charge in [0, 0.05) is 36.4 Å². The summed E-state index contributed by atoms with van der Waals surface area (Å²) in [5.74, 6) is -0.0993. The average molecular weight is 264 g/mol. The number of nitrogens with zero attached hydrogens (tertiary/aromatic N) is 1. The molecule has 1 saturated heterocycles. The molecule has 0 aliphatic carbocycles. The topological polar surface area (TPSA) is 15.3 Å². The van der Waals surface area contributed by atoms with E-state index in [1.54, 1.807) is 6.07 Å². The monoisotopic (exact) mass is 264 g/mol. The zero-order valence-corrected chi connectivity index (χ0v) is 12.2. The molecule has 0 aromatic heterocycles. The number of nitrogens with one attached hydrogen (secondary N) is 1. The Labute approximate surface area is 116 Å². The third-order valence-corrected chi connectivity index (χ3v) is 4.17. The summed E-state index contributed by atoms with van der Waals surface area (Å²) < 4.78 is 13.7. The fourth-order valence-corrected chi connectivity index (χ4v) is 2.84. The predicted octanol–water partition coefficient (Wildman–Crippen LogP) is 3.49. The molecular weight excluding hydrogens is 239 g/mol. The molecule has 1 N–H and O–H groups in total. The van der Waals surface area contributed by atoms with Gasteiger partial charge in [0.25, 0.3) is 0 Å². The van der Waals surface area contributed by atoms with E-state index >= 15 is 0 Å². The molecule has 0 bridgehead atoms. The predicted molar refractivity (Wildman–Crippen MR) is 79.3 cm³/mol. The summed E-state index contributed by atoms with van der Waals surface area (Å²) in [5, 5.41) is 3.67. The Kier molecular flexibility index (Phi) is 4.81. The van der Waals surface area contributed by atoms with E-state index in [1.165, 1.54) is 0 Å². The molecule has 1 aromatic rings. The third-order valence-electron chi connectivity index (χ3n) is 4.17. The van der Waals surface area contributed by atoms with E-state index in [2.05, 4.69) is 24.1 Å². The second-order valence-corrected chi connectivity index (χ2v) is 5.62. The summed E-state index contributed by atoms with van der Waals surface area (Å²) in [6, 6.07) is 6.50. The Hall–Kier alpha value is -1.09. The molecule has 3 heteroatoms. The summed E-state index contributed by atoms with van der Waals surface area (Å²) in [6.07, 6.45) is 3.38. The zero-order chi connectivity index (χ0) is 13.8. The first-order valence-corrected chi connectivity index (χ1v) is 7.38. The van der Waals surface area contributed by atoms with Crippen LogP contribution in [-0.4, -0.2) is 25.2 Å². The van der Waals surface area contributed by atoms with Crippen LogP contribution in [0, 0.1) is 12.7 Å². The van der Waals surface area contributed by atoms with Crippen LogP contribution in [0.15, 0.2) is 18.2 Å². The summed E-state index contributed by atoms with van der Waals surface area (Å²) in [4.78, 5) is 2.35. The lowest BCUT2D eigenvalue weighted by Crippen LogP contribution is -2.44. The van der Waals surface area contributed by atoms with Gasteiger partial charge in [-0.05, 0) is 45.2 Å². The van der Waals surface area contributed by atoms with Crippen LogP contribution in [0.2, 0.25) is 0 Å². The summed E-state index contributed by atoms with van der Waals surface area (Å²) >= 11 is 0. The van der Waals surface area contributed by atoms with E-state index in [4.69, 9.17) is 0 Å². The van der Waals surface area contributed by atoms with Crippen molar-refractivity contribution in [3.63, 3.8) is 0 Å². The van der Waals surface area contributed by atoms with E-state index in [-0.39, 0.29) is 5.82 Å². The van der Waals surface area contributed by atoms with E-state index < -0.39 is 0 Å². The van der Waals surface area contributed by atoms with Crippen molar-refractivity contribution in [1.82, 2.24) is 5.32 Å². The molecule has 1 aliphatic rings. The number of halogens is 1. The summed E-state index contributed by atoms with van der Waals surface area (Å²) in [7, 11) is 0. The van der Waals surface area contributed by atoms with E-state index in [0.717, 1.165) is 43.6 Å². The Morgan fingerprint density at radius 2 is 2.05 bits per heavy atom. The quantitative estimate of drug-likeness (QED) is 0.879. The van der Waals surface area contributed by atoms with Gasteiger partial charge in [0.15, 0.2) is 0 Å². The van der Waals surface area contributed by atoms with Crippen LogP contribution in [0.5, 0.6) is 0 Å². The Morgan fingerprint density at radius 3 is 2.79 bits per heavy atom. The molecule has 0 amide bonds. The fourth-order valence-electron chi connectivity index (χ4n) is 2.84. The second-order valence-electron chi connectivity index (χ2n) is 5.62. The van der Waals surface area contributed by atoms with Gasteiger partial charge in [-0.1, -0.05) is 13.0 Å². The van der Waals surface area contributed by atoms with Crippen molar-refractivity contribution in [1.29, 1.82) is 0 Å². The standard InChI is InChI=1S/C16H25FN2/c1-4-14-9-11-19(10-8-12(2)18-14)16-7-5-6-15(17)13(16)3/h5-7,12,14,18H,4,8-11H2,1-3H3. The molecule has 2 nitrogen and oxygen atoms in total. The zero-order valence-electron chi connectivity index (χ0n) is 12.2. The van der Waals surface area contributed by atoms with Crippen LogP contribution in [0.25, 0.3) is 0 Å². The molecule has 2 rings (SSSR count). The molecule has 2 atom stereocenters. The van der Waals surface area contributed by atoms with Gasteiger partial charge in [0.05, 0.1) is 0 Å². The van der Waals surface area contributed by atoms with Crippen molar-refractivity contribution >= 4 is 5.69 Å². The first kappa shape index (κ1) is 14.3. The number of benzene rings is 1. The highest BCUT2D eigenvalue weighted by Gasteiger charge is 2.19. The van der Waals surface area contributed by atoms with Gasteiger partial charge in [-0.3, -0.25) is 0 Å². The molecule has 0 saturated carbocycles. The number of rotatable bonds is 2. The fraction of sp³-hybridized carbons (Fsp3) is 0.625. The summed E-state index contributed by atoms with van der Waals surface area (Å²) in [6.45, 7) is 8.34. The van der Waals surface area contributed by atoms with Crippen molar-refractivity contribution in [2.45, 2.75) is 52.1 Å². The van der Waals surface area contributed by atoms with Crippen LogP contribution < -0.4 is 10.2 Å². The number of anilines is 1. The van der Waals surface area contributed by atoms with Gasteiger partial charge in [-0.15, -0.1) is 0 Å². The third kappa shape index (κ3) is 3.47. The minimum absolute atomic E-state index is 0.0993. The molecule has 0 spiro atoms. The van der Waals surface area contributed by atoms with Gasteiger partial charge < -0.3 is 10.2 Å². The lowest BCUT2D eigenvalue weighted by molar-refractivity contribution is 0.378. The highest BCUT2D eigenvalue weighted by Crippen LogP contribution is 2.24. The second kappa shape index (κ2) is 6.38. The Morgan fingerprint density at radius 1 is 1.32 bits per heavy atom. The molecule has 1 heterocycles. The molecule has 19 heavy (non-hydrogen) atoms. The minimum Gasteiger partial charge on any atom is -0.371 e. The molecule has 106 valence electrons. The van der Waals surface area contributed by atoms with Crippen LogP contribution in [0.3, 0.4) is 0 Å². The number of hydrogen-bond donors (Lipinski definition) is 1. The molecule has 1 aliphatic heterocycles. The smallest absolute Gasteiger partial charge is 0.128 e. The summed E-state index contributed by atoms with van der Waals surface area (Å²) in [5.41, 5.74) is 1.83. The van der Waals surface area contributed by atoms with Crippen LogP contribution >= 0.6 is 0 Å². The van der Waals surface area contributed by atoms with Gasteiger partial charge in [0.2, 0.25) is 0 Å². The van der Waals surface area contributed by atoms with Crippen molar-refractivity contribution in [3.05, 3.63) is 29.6 Å². The van der Waals surface area contributed by atoms with Crippen LogP contribution in [0.4, 0.5) is 10.1 Å². The Balaban J connectivity index is 2.16. The molecular formula is C16H25FN2. The maximum Gasteiger partial charge on any atom is 0.128 e. The van der Waals surface area contributed by atoms with Gasteiger partial charge in [-0.25, -0.2) is 4.39 Å². The van der Waals surface area contributed by atoms with Crippen molar-refractivity contribution in [2.24, 2.45) is 0 Å². The van der Waals surface area contributed by atoms with Gasteiger partial charge in [0.1, 0.15) is 5.82 Å². The molecule has 1 aromatic carbocycles.